The molecule has 0 bridgehead atoms. The molecule has 0 amide bonds. The van der Waals surface area contributed by atoms with E-state index in [-0.39, 0.29) is 5.56 Å². The summed E-state index contributed by atoms with van der Waals surface area (Å²) in [5, 5.41) is 4.13. The largest absolute Gasteiger partial charge is 0.325 e. The van der Waals surface area contributed by atoms with Crippen LogP contribution in [-0.4, -0.2) is 14.5 Å². The molecule has 2 aromatic heterocycles. The molecule has 4 rings (SSSR count). The third-order valence-electron chi connectivity index (χ3n) is 3.74. The van der Waals surface area contributed by atoms with Crippen LogP contribution in [0.15, 0.2) is 77.7 Å². The average Bonchev–Trinajstić information content (AvgIpc) is 2.64. The standard InChI is InChI=1S/C19H13ClN4O/c20-13-9-10-16-15(12-13)18(25)24(17-8-4-5-11-21-17)19(23-16)22-14-6-2-1-3-7-14/h1-12H,(H,22,23). The zero-order chi connectivity index (χ0) is 17.2. The molecule has 0 aliphatic heterocycles. The van der Waals surface area contributed by atoms with Crippen LogP contribution in [-0.2, 0) is 0 Å². The molecule has 2 heterocycles. The molecule has 0 atom stereocenters. The lowest BCUT2D eigenvalue weighted by Gasteiger charge is -2.14. The minimum absolute atomic E-state index is 0.232. The van der Waals surface area contributed by atoms with Crippen LogP contribution < -0.4 is 10.9 Å². The summed E-state index contributed by atoms with van der Waals surface area (Å²) in [5.41, 5.74) is 1.16. The van der Waals surface area contributed by atoms with Crippen LogP contribution in [0.3, 0.4) is 0 Å². The molecule has 0 aliphatic rings. The van der Waals surface area contributed by atoms with Gasteiger partial charge in [0.2, 0.25) is 5.95 Å². The van der Waals surface area contributed by atoms with E-state index in [1.807, 2.05) is 36.4 Å². The summed E-state index contributed by atoms with van der Waals surface area (Å²) in [5.74, 6) is 0.880. The summed E-state index contributed by atoms with van der Waals surface area (Å²) in [6.45, 7) is 0. The number of nitrogens with one attached hydrogen (secondary N) is 1. The van der Waals surface area contributed by atoms with Crippen molar-refractivity contribution in [1.82, 2.24) is 14.5 Å². The van der Waals surface area contributed by atoms with Gasteiger partial charge < -0.3 is 5.32 Å². The SMILES string of the molecule is O=c1c2cc(Cl)ccc2nc(Nc2ccccc2)n1-c1ccccn1. The van der Waals surface area contributed by atoms with E-state index in [9.17, 15) is 4.79 Å². The Kier molecular flexibility index (Phi) is 3.91. The Morgan fingerprint density at radius 1 is 0.960 bits per heavy atom. The fraction of sp³-hybridized carbons (Fsp3) is 0. The number of aromatic nitrogens is 3. The van der Waals surface area contributed by atoms with Crippen molar-refractivity contribution in [3.05, 3.63) is 88.3 Å². The number of nitrogens with zero attached hydrogens (tertiary/aromatic N) is 3. The maximum absolute atomic E-state index is 13.1. The van der Waals surface area contributed by atoms with Gasteiger partial charge >= 0.3 is 0 Å². The van der Waals surface area contributed by atoms with Crippen molar-refractivity contribution in [2.24, 2.45) is 0 Å². The van der Waals surface area contributed by atoms with Crippen molar-refractivity contribution in [2.45, 2.75) is 0 Å². The van der Waals surface area contributed by atoms with Crippen LogP contribution in [0.25, 0.3) is 16.7 Å². The molecule has 0 spiro atoms. The number of halogens is 1. The lowest BCUT2D eigenvalue weighted by atomic mass is 10.2. The fourth-order valence-electron chi connectivity index (χ4n) is 2.59. The van der Waals surface area contributed by atoms with Crippen molar-refractivity contribution in [3.8, 4) is 5.82 Å². The summed E-state index contributed by atoms with van der Waals surface area (Å²) < 4.78 is 1.45. The van der Waals surface area contributed by atoms with E-state index < -0.39 is 0 Å². The Bertz CT molecular complexity index is 1090. The summed E-state index contributed by atoms with van der Waals surface area (Å²) >= 11 is 6.05. The van der Waals surface area contributed by atoms with Gasteiger partial charge in [0.25, 0.3) is 5.56 Å². The van der Waals surface area contributed by atoms with Gasteiger partial charge in [-0.05, 0) is 42.5 Å². The molecule has 0 unspecified atom stereocenters. The molecule has 1 N–H and O–H groups in total. The van der Waals surface area contributed by atoms with E-state index in [1.54, 1.807) is 36.5 Å². The zero-order valence-corrected chi connectivity index (χ0v) is 13.8. The fourth-order valence-corrected chi connectivity index (χ4v) is 2.76. The normalized spacial score (nSPS) is 10.8. The molecule has 0 saturated heterocycles. The minimum Gasteiger partial charge on any atom is -0.325 e. The summed E-state index contributed by atoms with van der Waals surface area (Å²) in [6.07, 6.45) is 1.64. The highest BCUT2D eigenvalue weighted by Crippen LogP contribution is 2.21. The van der Waals surface area contributed by atoms with Crippen LogP contribution in [0.1, 0.15) is 0 Å². The third kappa shape index (κ3) is 2.97. The van der Waals surface area contributed by atoms with Gasteiger partial charge in [-0.2, -0.15) is 0 Å². The highest BCUT2D eigenvalue weighted by Gasteiger charge is 2.14. The maximum atomic E-state index is 13.1. The molecule has 0 radical (unpaired) electrons. The predicted molar refractivity (Wildman–Crippen MR) is 99.9 cm³/mol. The highest BCUT2D eigenvalue weighted by atomic mass is 35.5. The van der Waals surface area contributed by atoms with Crippen molar-refractivity contribution in [2.75, 3.05) is 5.32 Å². The van der Waals surface area contributed by atoms with Gasteiger partial charge in [-0.15, -0.1) is 0 Å². The van der Waals surface area contributed by atoms with Crippen LogP contribution >= 0.6 is 11.6 Å². The smallest absolute Gasteiger partial charge is 0.268 e. The number of para-hydroxylation sites is 1. The predicted octanol–water partition coefficient (Wildman–Crippen LogP) is 4.18. The third-order valence-corrected chi connectivity index (χ3v) is 3.97. The van der Waals surface area contributed by atoms with Crippen molar-refractivity contribution < 1.29 is 0 Å². The second kappa shape index (κ2) is 6.37. The minimum atomic E-state index is -0.232. The van der Waals surface area contributed by atoms with Gasteiger partial charge in [-0.1, -0.05) is 35.9 Å². The average molecular weight is 349 g/mol. The molecular weight excluding hydrogens is 336 g/mol. The quantitative estimate of drug-likeness (QED) is 0.603. The molecule has 25 heavy (non-hydrogen) atoms. The van der Waals surface area contributed by atoms with Gasteiger partial charge in [-0.25, -0.2) is 14.5 Å². The highest BCUT2D eigenvalue weighted by molar-refractivity contribution is 6.31. The topological polar surface area (TPSA) is 59.8 Å². The summed E-state index contributed by atoms with van der Waals surface area (Å²) in [6, 6.07) is 20.0. The zero-order valence-electron chi connectivity index (χ0n) is 13.1. The molecular formula is C19H13ClN4O. The summed E-state index contributed by atoms with van der Waals surface area (Å²) in [7, 11) is 0. The molecule has 5 nitrogen and oxygen atoms in total. The van der Waals surface area contributed by atoms with Crippen LogP contribution in [0, 0.1) is 0 Å². The van der Waals surface area contributed by atoms with Crippen molar-refractivity contribution >= 4 is 34.1 Å². The lowest BCUT2D eigenvalue weighted by molar-refractivity contribution is 0.931. The Morgan fingerprint density at radius 2 is 1.76 bits per heavy atom. The van der Waals surface area contributed by atoms with Gasteiger partial charge in [0.05, 0.1) is 10.9 Å². The molecule has 4 aromatic rings. The number of hydrogen-bond acceptors (Lipinski definition) is 4. The van der Waals surface area contributed by atoms with Crippen molar-refractivity contribution in [1.29, 1.82) is 0 Å². The van der Waals surface area contributed by atoms with E-state index in [1.165, 1.54) is 4.57 Å². The molecule has 0 fully saturated rings. The second-order valence-electron chi connectivity index (χ2n) is 5.42. The first-order chi connectivity index (χ1) is 12.2. The van der Waals surface area contributed by atoms with E-state index in [2.05, 4.69) is 15.3 Å². The van der Waals surface area contributed by atoms with E-state index in [0.29, 0.717) is 27.7 Å². The molecule has 0 aliphatic carbocycles. The van der Waals surface area contributed by atoms with E-state index in [4.69, 9.17) is 11.6 Å². The van der Waals surface area contributed by atoms with Crippen molar-refractivity contribution in [3.63, 3.8) is 0 Å². The van der Waals surface area contributed by atoms with Gasteiger partial charge in [0.15, 0.2) is 0 Å². The number of anilines is 2. The Balaban J connectivity index is 1.99. The molecule has 122 valence electrons. The number of fused-ring (bicyclic) bond motifs is 1. The van der Waals surface area contributed by atoms with Gasteiger partial charge in [-0.3, -0.25) is 4.79 Å². The maximum Gasteiger partial charge on any atom is 0.268 e. The second-order valence-corrected chi connectivity index (χ2v) is 5.85. The molecule has 0 saturated carbocycles. The van der Waals surface area contributed by atoms with Crippen LogP contribution in [0.5, 0.6) is 0 Å². The Morgan fingerprint density at radius 3 is 2.52 bits per heavy atom. The van der Waals surface area contributed by atoms with Crippen LogP contribution in [0.2, 0.25) is 5.02 Å². The first-order valence-electron chi connectivity index (χ1n) is 7.68. The first-order valence-corrected chi connectivity index (χ1v) is 8.06. The number of pyridine rings is 1. The monoisotopic (exact) mass is 348 g/mol. The molecule has 2 aromatic carbocycles. The van der Waals surface area contributed by atoms with E-state index >= 15 is 0 Å². The number of hydrogen-bond donors (Lipinski definition) is 1. The first kappa shape index (κ1) is 15.4. The Labute approximate surface area is 148 Å². The Hall–Kier alpha value is -3.18. The molecule has 6 heteroatoms. The lowest BCUT2D eigenvalue weighted by Crippen LogP contribution is -2.23. The summed E-state index contributed by atoms with van der Waals surface area (Å²) in [4.78, 5) is 22.0. The van der Waals surface area contributed by atoms with Gasteiger partial charge in [0.1, 0.15) is 5.82 Å². The van der Waals surface area contributed by atoms with E-state index in [0.717, 1.165) is 5.69 Å². The number of benzene rings is 2. The van der Waals surface area contributed by atoms with Crippen LogP contribution in [0.4, 0.5) is 11.6 Å². The van der Waals surface area contributed by atoms with Gasteiger partial charge in [0, 0.05) is 16.9 Å². The number of rotatable bonds is 3.